The fourth-order valence-electron chi connectivity index (χ4n) is 2.80. The summed E-state index contributed by atoms with van der Waals surface area (Å²) in [7, 11) is 0. The molecular formula is C25H24FN3O3. The average Bonchev–Trinajstić information content (AvgIpc) is 2.81. The third kappa shape index (κ3) is 6.50. The standard InChI is InChI=1S/C25H24FN3O3/c1-2-3-16-32-21-14-8-18(9-15-21)17-27-29-25(31)22-6-4-5-7-23(22)28-24(30)19-10-12-20(26)13-11-19/h4-15,17H,2-3,16H2,1H3,(H,28,30)(H,29,31). The van der Waals surface area contributed by atoms with Crippen LogP contribution in [0, 0.1) is 5.82 Å². The number of carbonyl (C=O) groups excluding carboxylic acids is 2. The lowest BCUT2D eigenvalue weighted by atomic mass is 10.1. The van der Waals surface area contributed by atoms with Gasteiger partial charge in [-0.05, 0) is 72.6 Å². The van der Waals surface area contributed by atoms with Crippen LogP contribution in [0.4, 0.5) is 10.1 Å². The number of hydrogen-bond donors (Lipinski definition) is 2. The lowest BCUT2D eigenvalue weighted by Crippen LogP contribution is -2.21. The molecule has 0 aliphatic carbocycles. The molecule has 164 valence electrons. The van der Waals surface area contributed by atoms with Crippen molar-refractivity contribution in [2.75, 3.05) is 11.9 Å². The van der Waals surface area contributed by atoms with Crippen LogP contribution in [-0.2, 0) is 0 Å². The molecule has 0 atom stereocenters. The van der Waals surface area contributed by atoms with E-state index in [1.54, 1.807) is 24.3 Å². The third-order valence-electron chi connectivity index (χ3n) is 4.55. The molecule has 0 heterocycles. The third-order valence-corrected chi connectivity index (χ3v) is 4.55. The number of hydrogen-bond acceptors (Lipinski definition) is 4. The Bertz CT molecular complexity index is 1080. The summed E-state index contributed by atoms with van der Waals surface area (Å²) in [5.74, 6) is -0.575. The molecule has 0 spiro atoms. The van der Waals surface area contributed by atoms with Gasteiger partial charge in [0, 0.05) is 5.56 Å². The van der Waals surface area contributed by atoms with E-state index in [9.17, 15) is 14.0 Å². The number of nitrogens with one attached hydrogen (secondary N) is 2. The summed E-state index contributed by atoms with van der Waals surface area (Å²) in [5, 5.41) is 6.67. The van der Waals surface area contributed by atoms with E-state index in [4.69, 9.17) is 4.74 Å². The highest BCUT2D eigenvalue weighted by Crippen LogP contribution is 2.17. The molecule has 32 heavy (non-hydrogen) atoms. The first kappa shape index (κ1) is 22.7. The maximum Gasteiger partial charge on any atom is 0.273 e. The second-order valence-electron chi connectivity index (χ2n) is 6.98. The van der Waals surface area contributed by atoms with Gasteiger partial charge in [0.05, 0.1) is 24.1 Å². The Balaban J connectivity index is 1.60. The van der Waals surface area contributed by atoms with E-state index in [2.05, 4.69) is 22.8 Å². The number of para-hydroxylation sites is 1. The van der Waals surface area contributed by atoms with Crippen LogP contribution in [-0.4, -0.2) is 24.6 Å². The van der Waals surface area contributed by atoms with Gasteiger partial charge in [-0.1, -0.05) is 25.5 Å². The molecule has 2 N–H and O–H groups in total. The van der Waals surface area contributed by atoms with Crippen LogP contribution < -0.4 is 15.5 Å². The quantitative estimate of drug-likeness (QED) is 0.282. The predicted octanol–water partition coefficient (Wildman–Crippen LogP) is 5.02. The highest BCUT2D eigenvalue weighted by molar-refractivity contribution is 6.09. The van der Waals surface area contributed by atoms with Crippen molar-refractivity contribution >= 4 is 23.7 Å². The number of carbonyl (C=O) groups is 2. The molecule has 3 rings (SSSR count). The van der Waals surface area contributed by atoms with E-state index in [0.717, 1.165) is 24.2 Å². The molecule has 0 saturated heterocycles. The zero-order chi connectivity index (χ0) is 22.8. The summed E-state index contributed by atoms with van der Waals surface area (Å²) in [5.41, 5.74) is 4.11. The highest BCUT2D eigenvalue weighted by Gasteiger charge is 2.13. The molecule has 0 radical (unpaired) electrons. The van der Waals surface area contributed by atoms with Gasteiger partial charge in [0.2, 0.25) is 0 Å². The molecule has 3 aromatic rings. The number of hydrazone groups is 1. The first-order valence-corrected chi connectivity index (χ1v) is 10.3. The summed E-state index contributed by atoms with van der Waals surface area (Å²) >= 11 is 0. The van der Waals surface area contributed by atoms with Gasteiger partial charge in [-0.15, -0.1) is 0 Å². The molecule has 0 saturated carbocycles. The Kier molecular flexibility index (Phi) is 8.09. The highest BCUT2D eigenvalue weighted by atomic mass is 19.1. The summed E-state index contributed by atoms with van der Waals surface area (Å²) in [4.78, 5) is 25.0. The molecule has 0 bridgehead atoms. The van der Waals surface area contributed by atoms with Gasteiger partial charge in [-0.25, -0.2) is 9.82 Å². The maximum absolute atomic E-state index is 13.1. The number of ether oxygens (including phenoxy) is 1. The number of amides is 2. The van der Waals surface area contributed by atoms with E-state index < -0.39 is 17.6 Å². The van der Waals surface area contributed by atoms with Crippen LogP contribution >= 0.6 is 0 Å². The zero-order valence-corrected chi connectivity index (χ0v) is 17.7. The van der Waals surface area contributed by atoms with Gasteiger partial charge < -0.3 is 10.1 Å². The van der Waals surface area contributed by atoms with Crippen molar-refractivity contribution in [2.45, 2.75) is 19.8 Å². The fraction of sp³-hybridized carbons (Fsp3) is 0.160. The van der Waals surface area contributed by atoms with Gasteiger partial charge in [-0.3, -0.25) is 9.59 Å². The van der Waals surface area contributed by atoms with Crippen LogP contribution in [0.2, 0.25) is 0 Å². The Labute approximate surface area is 186 Å². The zero-order valence-electron chi connectivity index (χ0n) is 17.7. The average molecular weight is 433 g/mol. The number of anilines is 1. The Morgan fingerprint density at radius 2 is 1.69 bits per heavy atom. The fourth-order valence-corrected chi connectivity index (χ4v) is 2.80. The summed E-state index contributed by atoms with van der Waals surface area (Å²) in [6.45, 7) is 2.78. The first-order chi connectivity index (χ1) is 15.6. The molecule has 0 fully saturated rings. The summed E-state index contributed by atoms with van der Waals surface area (Å²) < 4.78 is 18.7. The van der Waals surface area contributed by atoms with Crippen molar-refractivity contribution in [1.82, 2.24) is 5.43 Å². The summed E-state index contributed by atoms with van der Waals surface area (Å²) in [6, 6.07) is 19.1. The minimum Gasteiger partial charge on any atom is -0.494 e. The largest absolute Gasteiger partial charge is 0.494 e. The van der Waals surface area contributed by atoms with E-state index in [1.165, 1.54) is 30.5 Å². The van der Waals surface area contributed by atoms with Crippen molar-refractivity contribution in [3.63, 3.8) is 0 Å². The number of rotatable bonds is 9. The molecule has 7 heteroatoms. The monoisotopic (exact) mass is 433 g/mol. The van der Waals surface area contributed by atoms with Crippen molar-refractivity contribution in [2.24, 2.45) is 5.10 Å². The van der Waals surface area contributed by atoms with Crippen LogP contribution in [0.5, 0.6) is 5.75 Å². The van der Waals surface area contributed by atoms with E-state index >= 15 is 0 Å². The van der Waals surface area contributed by atoms with Crippen molar-refractivity contribution in [3.05, 3.63) is 95.3 Å². The van der Waals surface area contributed by atoms with Crippen molar-refractivity contribution < 1.29 is 18.7 Å². The number of unbranched alkanes of at least 4 members (excludes halogenated alkanes) is 1. The van der Waals surface area contributed by atoms with Crippen LogP contribution in [0.1, 0.15) is 46.0 Å². The molecule has 3 aromatic carbocycles. The Morgan fingerprint density at radius 1 is 0.969 bits per heavy atom. The predicted molar refractivity (Wildman–Crippen MR) is 123 cm³/mol. The van der Waals surface area contributed by atoms with Gasteiger partial charge in [0.15, 0.2) is 0 Å². The number of benzene rings is 3. The van der Waals surface area contributed by atoms with Crippen molar-refractivity contribution in [1.29, 1.82) is 0 Å². The molecular weight excluding hydrogens is 409 g/mol. The van der Waals surface area contributed by atoms with E-state index in [1.807, 2.05) is 24.3 Å². The molecule has 6 nitrogen and oxygen atoms in total. The van der Waals surface area contributed by atoms with E-state index in [-0.39, 0.29) is 11.1 Å². The second kappa shape index (κ2) is 11.4. The second-order valence-corrected chi connectivity index (χ2v) is 6.98. The first-order valence-electron chi connectivity index (χ1n) is 10.3. The van der Waals surface area contributed by atoms with Gasteiger partial charge >= 0.3 is 0 Å². The Morgan fingerprint density at radius 3 is 2.41 bits per heavy atom. The topological polar surface area (TPSA) is 79.8 Å². The minimum absolute atomic E-state index is 0.250. The van der Waals surface area contributed by atoms with Gasteiger partial charge in [0.1, 0.15) is 11.6 Å². The minimum atomic E-state index is -0.476. The molecule has 0 aliphatic heterocycles. The van der Waals surface area contributed by atoms with E-state index in [0.29, 0.717) is 12.3 Å². The summed E-state index contributed by atoms with van der Waals surface area (Å²) in [6.07, 6.45) is 3.60. The number of nitrogens with zero attached hydrogens (tertiary/aromatic N) is 1. The SMILES string of the molecule is CCCCOc1ccc(C=NNC(=O)c2ccccc2NC(=O)c2ccc(F)cc2)cc1. The molecule has 0 aliphatic rings. The van der Waals surface area contributed by atoms with Gasteiger partial charge in [0.25, 0.3) is 11.8 Å². The lowest BCUT2D eigenvalue weighted by Gasteiger charge is -2.10. The van der Waals surface area contributed by atoms with Crippen LogP contribution in [0.25, 0.3) is 0 Å². The number of halogens is 1. The maximum atomic E-state index is 13.1. The lowest BCUT2D eigenvalue weighted by molar-refractivity contribution is 0.0956. The van der Waals surface area contributed by atoms with Crippen LogP contribution in [0.15, 0.2) is 77.9 Å². The van der Waals surface area contributed by atoms with Gasteiger partial charge in [-0.2, -0.15) is 5.10 Å². The van der Waals surface area contributed by atoms with Crippen molar-refractivity contribution in [3.8, 4) is 5.75 Å². The molecule has 0 aromatic heterocycles. The Hall–Kier alpha value is -4.00. The molecule has 2 amide bonds. The smallest absolute Gasteiger partial charge is 0.273 e. The normalized spacial score (nSPS) is 10.7. The molecule has 0 unspecified atom stereocenters. The van der Waals surface area contributed by atoms with Crippen LogP contribution in [0.3, 0.4) is 0 Å².